The van der Waals surface area contributed by atoms with Gasteiger partial charge in [0.15, 0.2) is 0 Å². The summed E-state index contributed by atoms with van der Waals surface area (Å²) < 4.78 is 33.7. The minimum Gasteiger partial charge on any atom is -0.481 e. The van der Waals surface area contributed by atoms with Crippen molar-refractivity contribution in [2.75, 3.05) is 13.7 Å². The van der Waals surface area contributed by atoms with E-state index in [0.29, 0.717) is 42.9 Å². The summed E-state index contributed by atoms with van der Waals surface area (Å²) in [6.07, 6.45) is 6.78. The van der Waals surface area contributed by atoms with Gasteiger partial charge in [-0.15, -0.1) is 0 Å². The summed E-state index contributed by atoms with van der Waals surface area (Å²) >= 11 is 0. The number of methoxy groups -OCH3 is 1. The minimum absolute atomic E-state index is 0.0175. The lowest BCUT2D eigenvalue weighted by molar-refractivity contribution is 0.100. The van der Waals surface area contributed by atoms with E-state index in [9.17, 15) is 18.3 Å². The van der Waals surface area contributed by atoms with Crippen molar-refractivity contribution in [3.05, 3.63) is 65.6 Å². The van der Waals surface area contributed by atoms with E-state index >= 15 is 0 Å². The monoisotopic (exact) mass is 502 g/mol. The van der Waals surface area contributed by atoms with Crippen molar-refractivity contribution in [3.63, 3.8) is 0 Å². The molecule has 3 N–H and O–H groups in total. The quantitative estimate of drug-likeness (QED) is 0.372. The SMILES string of the molecule is COc1ncccc1Cn1ccc(C(=O)c2cncnc2C[C@@H]2C[C@H](COS(N)(=O)=O)[C@@H](O)C2)n1. The molecule has 1 saturated carbocycles. The van der Waals surface area contributed by atoms with Crippen LogP contribution in [0.2, 0.25) is 0 Å². The molecule has 4 rings (SSSR count). The molecule has 1 aliphatic rings. The Morgan fingerprint density at radius 2 is 2.11 bits per heavy atom. The molecule has 0 spiro atoms. The Labute approximate surface area is 202 Å². The molecule has 0 amide bonds. The van der Waals surface area contributed by atoms with Crippen LogP contribution in [0.25, 0.3) is 0 Å². The zero-order chi connectivity index (χ0) is 25.0. The summed E-state index contributed by atoms with van der Waals surface area (Å²) in [5.41, 5.74) is 1.94. The number of nitrogens with two attached hydrogens (primary N) is 1. The van der Waals surface area contributed by atoms with Crippen molar-refractivity contribution in [2.45, 2.75) is 31.9 Å². The number of aliphatic hydroxyl groups excluding tert-OH is 1. The molecule has 3 aromatic rings. The maximum absolute atomic E-state index is 13.2. The van der Waals surface area contributed by atoms with Crippen LogP contribution in [0, 0.1) is 11.8 Å². The molecule has 12 nitrogen and oxygen atoms in total. The van der Waals surface area contributed by atoms with Crippen LogP contribution in [0.1, 0.15) is 40.2 Å². The van der Waals surface area contributed by atoms with Gasteiger partial charge >= 0.3 is 10.3 Å². The summed E-state index contributed by atoms with van der Waals surface area (Å²) in [4.78, 5) is 25.7. The van der Waals surface area contributed by atoms with Gasteiger partial charge in [-0.2, -0.15) is 13.5 Å². The Hall–Kier alpha value is -3.26. The fourth-order valence-electron chi connectivity index (χ4n) is 4.34. The smallest absolute Gasteiger partial charge is 0.333 e. The van der Waals surface area contributed by atoms with Crippen molar-refractivity contribution in [3.8, 4) is 5.88 Å². The third-order valence-electron chi connectivity index (χ3n) is 5.97. The number of hydrogen-bond acceptors (Lipinski definition) is 10. The number of aliphatic hydroxyl groups is 1. The molecule has 0 saturated heterocycles. The average Bonchev–Trinajstić information content (AvgIpc) is 3.43. The highest BCUT2D eigenvalue weighted by Gasteiger charge is 2.35. The Bertz CT molecular complexity index is 1300. The Kier molecular flexibility index (Phi) is 7.50. The van der Waals surface area contributed by atoms with Crippen molar-refractivity contribution >= 4 is 16.1 Å². The van der Waals surface area contributed by atoms with Gasteiger partial charge in [-0.25, -0.2) is 20.1 Å². The Balaban J connectivity index is 1.45. The average molecular weight is 503 g/mol. The third kappa shape index (κ3) is 6.25. The lowest BCUT2D eigenvalue weighted by atomic mass is 9.96. The predicted molar refractivity (Wildman–Crippen MR) is 123 cm³/mol. The number of carbonyl (C=O) groups excluding carboxylic acids is 1. The highest BCUT2D eigenvalue weighted by Crippen LogP contribution is 2.34. The van der Waals surface area contributed by atoms with E-state index in [1.165, 1.54) is 12.5 Å². The molecule has 186 valence electrons. The van der Waals surface area contributed by atoms with Crippen molar-refractivity contribution in [2.24, 2.45) is 17.0 Å². The Morgan fingerprint density at radius 1 is 1.29 bits per heavy atom. The van der Waals surface area contributed by atoms with E-state index in [2.05, 4.69) is 24.2 Å². The molecule has 0 aromatic carbocycles. The van der Waals surface area contributed by atoms with Crippen LogP contribution >= 0.6 is 0 Å². The molecule has 1 fully saturated rings. The van der Waals surface area contributed by atoms with Gasteiger partial charge in [0.05, 0.1) is 37.6 Å². The number of ether oxygens (including phenoxy) is 1. The van der Waals surface area contributed by atoms with Crippen LogP contribution in [0.5, 0.6) is 5.88 Å². The van der Waals surface area contributed by atoms with Crippen LogP contribution in [-0.4, -0.2) is 63.9 Å². The maximum Gasteiger partial charge on any atom is 0.333 e. The molecule has 3 heterocycles. The minimum atomic E-state index is -4.08. The zero-order valence-electron chi connectivity index (χ0n) is 19.0. The van der Waals surface area contributed by atoms with E-state index in [0.717, 1.165) is 5.56 Å². The van der Waals surface area contributed by atoms with Crippen LogP contribution in [0.3, 0.4) is 0 Å². The second-order valence-corrected chi connectivity index (χ2v) is 9.65. The van der Waals surface area contributed by atoms with Crippen LogP contribution in [-0.2, 0) is 27.5 Å². The topological polar surface area (TPSA) is 172 Å². The summed E-state index contributed by atoms with van der Waals surface area (Å²) in [6.45, 7) is 0.190. The molecule has 0 unspecified atom stereocenters. The highest BCUT2D eigenvalue weighted by atomic mass is 32.2. The number of aromatic nitrogens is 5. The van der Waals surface area contributed by atoms with Gasteiger partial charge in [0, 0.05) is 30.1 Å². The maximum atomic E-state index is 13.2. The van der Waals surface area contributed by atoms with Crippen molar-refractivity contribution in [1.29, 1.82) is 0 Å². The Morgan fingerprint density at radius 3 is 2.89 bits per heavy atom. The van der Waals surface area contributed by atoms with Crippen LogP contribution in [0.4, 0.5) is 0 Å². The number of nitrogens with zero attached hydrogens (tertiary/aromatic N) is 5. The molecule has 1 aliphatic carbocycles. The van der Waals surface area contributed by atoms with Gasteiger partial charge < -0.3 is 9.84 Å². The number of pyridine rings is 1. The van der Waals surface area contributed by atoms with E-state index in [1.807, 2.05) is 6.07 Å². The molecule has 0 bridgehead atoms. The second kappa shape index (κ2) is 10.6. The van der Waals surface area contributed by atoms with E-state index < -0.39 is 16.4 Å². The summed E-state index contributed by atoms with van der Waals surface area (Å²) in [5, 5.41) is 19.6. The fourth-order valence-corrected chi connectivity index (χ4v) is 4.70. The number of hydrogen-bond donors (Lipinski definition) is 2. The first-order chi connectivity index (χ1) is 16.7. The lowest BCUT2D eigenvalue weighted by Crippen LogP contribution is -2.24. The molecule has 3 aromatic heterocycles. The largest absolute Gasteiger partial charge is 0.481 e. The van der Waals surface area contributed by atoms with Crippen LogP contribution < -0.4 is 9.88 Å². The number of ketones is 1. The van der Waals surface area contributed by atoms with Gasteiger partial charge in [-0.05, 0) is 37.3 Å². The third-order valence-corrected chi connectivity index (χ3v) is 6.44. The second-order valence-electron chi connectivity index (χ2n) is 8.43. The predicted octanol–water partition coefficient (Wildman–Crippen LogP) is 0.506. The summed E-state index contributed by atoms with van der Waals surface area (Å²) in [5.74, 6) is -0.220. The standard InChI is InChI=1S/C22H26N6O6S/c1-33-22-15(3-2-5-25-22)11-28-6-4-18(27-28)21(30)17-10-24-13-26-19(17)8-14-7-16(20(29)9-14)12-34-35(23,31)32/h2-6,10,13-14,16,20,29H,7-9,11-12H2,1H3,(H2,23,31,32)/t14-,16+,20-/m0/s1. The van der Waals surface area contributed by atoms with Gasteiger partial charge in [0.25, 0.3) is 0 Å². The first kappa shape index (κ1) is 24.9. The molecule has 35 heavy (non-hydrogen) atoms. The summed E-state index contributed by atoms with van der Waals surface area (Å²) in [6, 6.07) is 5.30. The van der Waals surface area contributed by atoms with Gasteiger partial charge in [-0.1, -0.05) is 6.07 Å². The zero-order valence-corrected chi connectivity index (χ0v) is 19.8. The first-order valence-corrected chi connectivity index (χ1v) is 12.4. The molecular weight excluding hydrogens is 476 g/mol. The molecule has 3 atom stereocenters. The normalized spacial score (nSPS) is 20.1. The number of carbonyl (C=O) groups is 1. The summed E-state index contributed by atoms with van der Waals surface area (Å²) in [7, 11) is -2.54. The van der Waals surface area contributed by atoms with E-state index in [-0.39, 0.29) is 29.9 Å². The first-order valence-electron chi connectivity index (χ1n) is 10.9. The number of rotatable bonds is 10. The van der Waals surface area contributed by atoms with E-state index in [4.69, 9.17) is 9.88 Å². The van der Waals surface area contributed by atoms with Crippen molar-refractivity contribution < 1.29 is 27.2 Å². The lowest BCUT2D eigenvalue weighted by Gasteiger charge is -2.13. The van der Waals surface area contributed by atoms with Gasteiger partial charge in [0.2, 0.25) is 11.7 Å². The van der Waals surface area contributed by atoms with Crippen LogP contribution in [0.15, 0.2) is 43.1 Å². The molecule has 13 heteroatoms. The van der Waals surface area contributed by atoms with E-state index in [1.54, 1.807) is 36.3 Å². The fraction of sp³-hybridized carbons (Fsp3) is 0.409. The molecular formula is C22H26N6O6S. The van der Waals surface area contributed by atoms with Gasteiger partial charge in [0.1, 0.15) is 12.0 Å². The van der Waals surface area contributed by atoms with Gasteiger partial charge in [-0.3, -0.25) is 13.7 Å². The molecule has 0 radical (unpaired) electrons. The highest BCUT2D eigenvalue weighted by molar-refractivity contribution is 7.84. The van der Waals surface area contributed by atoms with Crippen molar-refractivity contribution in [1.82, 2.24) is 24.7 Å². The molecule has 0 aliphatic heterocycles.